The molecule has 3 rings (SSSR count). The summed E-state index contributed by atoms with van der Waals surface area (Å²) in [5, 5.41) is 3.45. The molecule has 1 aliphatic rings. The average molecular weight is 368 g/mol. The van der Waals surface area contributed by atoms with Gasteiger partial charge >= 0.3 is 0 Å². The van der Waals surface area contributed by atoms with Gasteiger partial charge in [0.15, 0.2) is 5.78 Å². The van der Waals surface area contributed by atoms with Crippen LogP contribution in [0.1, 0.15) is 69.5 Å². The van der Waals surface area contributed by atoms with Crippen LogP contribution in [0.4, 0.5) is 0 Å². The first-order chi connectivity index (χ1) is 13.0. The summed E-state index contributed by atoms with van der Waals surface area (Å²) in [4.78, 5) is 28.9. The highest BCUT2D eigenvalue weighted by Crippen LogP contribution is 2.25. The van der Waals surface area contributed by atoms with Crippen molar-refractivity contribution in [3.8, 4) is 0 Å². The van der Waals surface area contributed by atoms with E-state index in [0.717, 1.165) is 44.0 Å². The Morgan fingerprint density at radius 3 is 2.67 bits per heavy atom. The number of nitrogens with two attached hydrogens (primary N) is 1. The zero-order valence-electron chi connectivity index (χ0n) is 16.1. The maximum atomic E-state index is 12.6. The highest BCUT2D eigenvalue weighted by atomic mass is 16.1. The van der Waals surface area contributed by atoms with E-state index in [9.17, 15) is 9.59 Å². The van der Waals surface area contributed by atoms with Crippen LogP contribution in [0.5, 0.6) is 0 Å². The van der Waals surface area contributed by atoms with Gasteiger partial charge in [-0.05, 0) is 45.7 Å². The molecule has 1 aliphatic heterocycles. The minimum Gasteiger partial charge on any atom is -0.366 e. The van der Waals surface area contributed by atoms with E-state index in [2.05, 4.69) is 16.8 Å². The molecule has 0 spiro atoms. The third kappa shape index (κ3) is 4.27. The highest BCUT2D eigenvalue weighted by Gasteiger charge is 2.22. The average Bonchev–Trinajstić information content (AvgIpc) is 2.97. The van der Waals surface area contributed by atoms with Crippen LogP contribution < -0.4 is 11.1 Å². The summed E-state index contributed by atoms with van der Waals surface area (Å²) in [6.07, 6.45) is 3.39. The molecule has 144 valence electrons. The Kier molecular flexibility index (Phi) is 6.06. The number of primary amides is 1. The summed E-state index contributed by atoms with van der Waals surface area (Å²) < 4.78 is 2.26. The van der Waals surface area contributed by atoms with E-state index in [1.165, 1.54) is 5.69 Å². The van der Waals surface area contributed by atoms with E-state index in [1.54, 1.807) is 24.3 Å². The van der Waals surface area contributed by atoms with E-state index < -0.39 is 5.91 Å². The fourth-order valence-electron chi connectivity index (χ4n) is 3.82. The highest BCUT2D eigenvalue weighted by molar-refractivity contribution is 6.07. The number of carbonyl (C=O) groups is 2. The number of aryl methyl sites for hydroxylation is 1. The predicted octanol–water partition coefficient (Wildman–Crippen LogP) is 2.73. The van der Waals surface area contributed by atoms with Crippen molar-refractivity contribution in [2.75, 3.05) is 13.1 Å². The predicted molar refractivity (Wildman–Crippen MR) is 105 cm³/mol. The van der Waals surface area contributed by atoms with Crippen molar-refractivity contribution in [1.82, 2.24) is 14.9 Å². The molecule has 1 atom stereocenters. The standard InChI is InChI=1S/C21H28N4O2/c1-14-15(2)25(21(24-14)16-7-5-11-23-13-16)12-6-10-19(26)17-8-3-4-9-18(17)20(22)27/h3-4,8-9,16,23H,5-7,10-13H2,1-2H3,(H2,22,27). The van der Waals surface area contributed by atoms with Gasteiger partial charge in [0.25, 0.3) is 0 Å². The lowest BCUT2D eigenvalue weighted by Gasteiger charge is -2.23. The number of amides is 1. The third-order valence-corrected chi connectivity index (χ3v) is 5.43. The molecular weight excluding hydrogens is 340 g/mol. The Balaban J connectivity index is 1.69. The van der Waals surface area contributed by atoms with Gasteiger partial charge in [0, 0.05) is 42.2 Å². The lowest BCUT2D eigenvalue weighted by Crippen LogP contribution is -2.30. The molecule has 0 saturated carbocycles. The SMILES string of the molecule is Cc1nc(C2CCCNC2)n(CCCC(=O)c2ccccc2C(N)=O)c1C. The summed E-state index contributed by atoms with van der Waals surface area (Å²) in [5.41, 5.74) is 8.33. The number of carbonyl (C=O) groups excluding carboxylic acids is 2. The Morgan fingerprint density at radius 1 is 1.26 bits per heavy atom. The van der Waals surface area contributed by atoms with Gasteiger partial charge in [-0.3, -0.25) is 9.59 Å². The van der Waals surface area contributed by atoms with E-state index >= 15 is 0 Å². The molecule has 6 heteroatoms. The smallest absolute Gasteiger partial charge is 0.249 e. The van der Waals surface area contributed by atoms with E-state index in [0.29, 0.717) is 29.9 Å². The maximum absolute atomic E-state index is 12.6. The number of nitrogens with zero attached hydrogens (tertiary/aromatic N) is 2. The summed E-state index contributed by atoms with van der Waals surface area (Å²) in [6, 6.07) is 6.76. The van der Waals surface area contributed by atoms with Crippen molar-refractivity contribution < 1.29 is 9.59 Å². The normalized spacial score (nSPS) is 17.0. The van der Waals surface area contributed by atoms with Crippen molar-refractivity contribution >= 4 is 11.7 Å². The van der Waals surface area contributed by atoms with Gasteiger partial charge in [0.1, 0.15) is 5.82 Å². The molecule has 1 unspecified atom stereocenters. The molecule has 0 bridgehead atoms. The lowest BCUT2D eigenvalue weighted by molar-refractivity contribution is 0.0954. The Bertz CT molecular complexity index is 835. The van der Waals surface area contributed by atoms with Crippen molar-refractivity contribution in [3.63, 3.8) is 0 Å². The molecule has 27 heavy (non-hydrogen) atoms. The first-order valence-corrected chi connectivity index (χ1v) is 9.65. The fourth-order valence-corrected chi connectivity index (χ4v) is 3.82. The molecule has 1 saturated heterocycles. The van der Waals surface area contributed by atoms with Crippen LogP contribution in [0.2, 0.25) is 0 Å². The topological polar surface area (TPSA) is 90.0 Å². The largest absolute Gasteiger partial charge is 0.366 e. The molecule has 0 aliphatic carbocycles. The van der Waals surface area contributed by atoms with E-state index in [4.69, 9.17) is 10.7 Å². The van der Waals surface area contributed by atoms with Gasteiger partial charge < -0.3 is 15.6 Å². The zero-order chi connectivity index (χ0) is 19.4. The fraction of sp³-hybridized carbons (Fsp3) is 0.476. The number of hydrogen-bond donors (Lipinski definition) is 2. The lowest BCUT2D eigenvalue weighted by atomic mass is 9.98. The van der Waals surface area contributed by atoms with E-state index in [-0.39, 0.29) is 5.78 Å². The number of imidazole rings is 1. The molecule has 1 aromatic heterocycles. The number of nitrogens with one attached hydrogen (secondary N) is 1. The number of aromatic nitrogens is 2. The number of piperidine rings is 1. The van der Waals surface area contributed by atoms with Crippen LogP contribution in [0.25, 0.3) is 0 Å². The number of ketones is 1. The maximum Gasteiger partial charge on any atom is 0.249 e. The van der Waals surface area contributed by atoms with Crippen molar-refractivity contribution in [1.29, 1.82) is 0 Å². The van der Waals surface area contributed by atoms with Crippen LogP contribution in [0, 0.1) is 13.8 Å². The van der Waals surface area contributed by atoms with Crippen molar-refractivity contribution in [2.24, 2.45) is 5.73 Å². The molecule has 2 aromatic rings. The van der Waals surface area contributed by atoms with Crippen molar-refractivity contribution in [2.45, 2.75) is 52.0 Å². The minimum absolute atomic E-state index is 0.0419. The van der Waals surface area contributed by atoms with Gasteiger partial charge in [-0.1, -0.05) is 18.2 Å². The van der Waals surface area contributed by atoms with Crippen LogP contribution in [-0.4, -0.2) is 34.3 Å². The van der Waals surface area contributed by atoms with Gasteiger partial charge in [-0.2, -0.15) is 0 Å². The van der Waals surface area contributed by atoms with Gasteiger partial charge in [0.2, 0.25) is 5.91 Å². The molecule has 1 fully saturated rings. The Labute approximate surface area is 160 Å². The number of benzene rings is 1. The van der Waals surface area contributed by atoms with Gasteiger partial charge in [-0.15, -0.1) is 0 Å². The quantitative estimate of drug-likeness (QED) is 0.735. The summed E-state index contributed by atoms with van der Waals surface area (Å²) in [7, 11) is 0. The summed E-state index contributed by atoms with van der Waals surface area (Å²) in [5.74, 6) is 0.950. The van der Waals surface area contributed by atoms with Crippen LogP contribution in [0.3, 0.4) is 0 Å². The second-order valence-electron chi connectivity index (χ2n) is 7.27. The first kappa shape index (κ1) is 19.3. The number of hydrogen-bond acceptors (Lipinski definition) is 4. The number of rotatable bonds is 7. The van der Waals surface area contributed by atoms with Crippen LogP contribution >= 0.6 is 0 Å². The second-order valence-corrected chi connectivity index (χ2v) is 7.27. The van der Waals surface area contributed by atoms with Gasteiger partial charge in [0.05, 0.1) is 5.69 Å². The second kappa shape index (κ2) is 8.48. The molecule has 6 nitrogen and oxygen atoms in total. The monoisotopic (exact) mass is 368 g/mol. The van der Waals surface area contributed by atoms with Crippen molar-refractivity contribution in [3.05, 3.63) is 52.6 Å². The van der Waals surface area contributed by atoms with Gasteiger partial charge in [-0.25, -0.2) is 4.98 Å². The van der Waals surface area contributed by atoms with Crippen LogP contribution in [0.15, 0.2) is 24.3 Å². The molecule has 1 aromatic carbocycles. The van der Waals surface area contributed by atoms with E-state index in [1.807, 2.05) is 6.92 Å². The Hall–Kier alpha value is -2.47. The summed E-state index contributed by atoms with van der Waals surface area (Å²) >= 11 is 0. The zero-order valence-corrected chi connectivity index (χ0v) is 16.1. The van der Waals surface area contributed by atoms with Crippen LogP contribution in [-0.2, 0) is 6.54 Å². The molecular formula is C21H28N4O2. The molecule has 0 radical (unpaired) electrons. The molecule has 2 heterocycles. The first-order valence-electron chi connectivity index (χ1n) is 9.65. The third-order valence-electron chi connectivity index (χ3n) is 5.43. The Morgan fingerprint density at radius 2 is 2.00 bits per heavy atom. The molecule has 3 N–H and O–H groups in total. The molecule has 1 amide bonds. The minimum atomic E-state index is -0.563. The number of Topliss-reactive ketones (excluding diaryl/α,β-unsaturated/α-hetero) is 1. The summed E-state index contributed by atoms with van der Waals surface area (Å²) in [6.45, 7) is 6.92.